The summed E-state index contributed by atoms with van der Waals surface area (Å²) in [4.78, 5) is 18.7. The Labute approximate surface area is 163 Å². The van der Waals surface area contributed by atoms with Crippen molar-refractivity contribution in [2.75, 3.05) is 27.8 Å². The number of benzene rings is 2. The predicted octanol–water partition coefficient (Wildman–Crippen LogP) is 3.38. The first-order valence-electron chi connectivity index (χ1n) is 8.88. The molecule has 1 aromatic heterocycles. The van der Waals surface area contributed by atoms with Gasteiger partial charge in [-0.25, -0.2) is 0 Å². The normalized spacial score (nSPS) is 10.6. The first-order valence-corrected chi connectivity index (χ1v) is 8.88. The Bertz CT molecular complexity index is 928. The first-order chi connectivity index (χ1) is 13.5. The van der Waals surface area contributed by atoms with Gasteiger partial charge in [-0.1, -0.05) is 22.9 Å². The van der Waals surface area contributed by atoms with Crippen LogP contribution in [0, 0.1) is 6.92 Å². The zero-order valence-corrected chi connectivity index (χ0v) is 16.4. The van der Waals surface area contributed by atoms with E-state index in [-0.39, 0.29) is 5.91 Å². The summed E-state index contributed by atoms with van der Waals surface area (Å²) in [6, 6.07) is 13.0. The Kier molecular flexibility index (Phi) is 5.93. The molecule has 0 N–H and O–H groups in total. The maximum Gasteiger partial charge on any atom is 0.257 e. The molecule has 7 nitrogen and oxygen atoms in total. The van der Waals surface area contributed by atoms with Gasteiger partial charge in [0.05, 0.1) is 14.2 Å². The van der Waals surface area contributed by atoms with Crippen molar-refractivity contribution in [1.82, 2.24) is 15.0 Å². The third kappa shape index (κ3) is 4.49. The summed E-state index contributed by atoms with van der Waals surface area (Å²) in [5.74, 6) is 2.02. The van der Waals surface area contributed by atoms with E-state index in [0.717, 1.165) is 11.1 Å². The van der Waals surface area contributed by atoms with Crippen LogP contribution in [0.1, 0.15) is 21.7 Å². The summed E-state index contributed by atoms with van der Waals surface area (Å²) in [6.07, 6.45) is 0.485. The lowest BCUT2D eigenvalue weighted by atomic mass is 10.1. The zero-order chi connectivity index (χ0) is 20.1. The van der Waals surface area contributed by atoms with E-state index in [1.54, 1.807) is 44.4 Å². The molecule has 0 radical (unpaired) electrons. The number of methoxy groups -OCH3 is 2. The van der Waals surface area contributed by atoms with Crippen molar-refractivity contribution in [2.45, 2.75) is 13.3 Å². The molecule has 1 heterocycles. The standard InChI is InChI=1S/C21H23N3O4/c1-14-5-7-15(8-6-14)20-22-19(23-28-20)9-10-24(2)21(25)16-11-17(26-3)13-18(12-16)27-4/h5-8,11-13H,9-10H2,1-4H3. The van der Waals surface area contributed by atoms with Gasteiger partial charge in [-0.15, -0.1) is 0 Å². The third-order valence-electron chi connectivity index (χ3n) is 4.38. The topological polar surface area (TPSA) is 77.7 Å². The SMILES string of the molecule is COc1cc(OC)cc(C(=O)N(C)CCc2noc(-c3ccc(C)cc3)n2)c1. The molecule has 28 heavy (non-hydrogen) atoms. The molecular weight excluding hydrogens is 358 g/mol. The highest BCUT2D eigenvalue weighted by Crippen LogP contribution is 2.23. The largest absolute Gasteiger partial charge is 0.497 e. The van der Waals surface area contributed by atoms with Crippen molar-refractivity contribution in [3.8, 4) is 23.0 Å². The van der Waals surface area contributed by atoms with E-state index in [4.69, 9.17) is 14.0 Å². The molecule has 0 spiro atoms. The lowest BCUT2D eigenvalue weighted by molar-refractivity contribution is 0.0795. The van der Waals surface area contributed by atoms with E-state index >= 15 is 0 Å². The number of carbonyl (C=O) groups is 1. The number of likely N-dealkylation sites (N-methyl/N-ethyl adjacent to an activating group) is 1. The molecule has 3 aromatic rings. The van der Waals surface area contributed by atoms with Crippen LogP contribution in [0.2, 0.25) is 0 Å². The van der Waals surface area contributed by atoms with Crippen molar-refractivity contribution in [3.63, 3.8) is 0 Å². The predicted molar refractivity (Wildman–Crippen MR) is 105 cm³/mol. The second-order valence-electron chi connectivity index (χ2n) is 6.46. The molecule has 0 unspecified atom stereocenters. The highest BCUT2D eigenvalue weighted by molar-refractivity contribution is 5.95. The Balaban J connectivity index is 1.65. The minimum atomic E-state index is -0.139. The van der Waals surface area contributed by atoms with Crippen LogP contribution in [-0.4, -0.2) is 48.8 Å². The van der Waals surface area contributed by atoms with Gasteiger partial charge in [-0.2, -0.15) is 4.98 Å². The van der Waals surface area contributed by atoms with Gasteiger partial charge in [0.25, 0.3) is 11.8 Å². The molecule has 0 aliphatic rings. The zero-order valence-electron chi connectivity index (χ0n) is 16.4. The van der Waals surface area contributed by atoms with E-state index in [1.165, 1.54) is 0 Å². The average Bonchev–Trinajstić information content (AvgIpc) is 3.20. The average molecular weight is 381 g/mol. The molecule has 0 saturated carbocycles. The third-order valence-corrected chi connectivity index (χ3v) is 4.38. The van der Waals surface area contributed by atoms with Crippen LogP contribution in [0.25, 0.3) is 11.5 Å². The molecule has 146 valence electrons. The van der Waals surface area contributed by atoms with Gasteiger partial charge in [0.1, 0.15) is 11.5 Å². The van der Waals surface area contributed by atoms with Crippen LogP contribution in [0.3, 0.4) is 0 Å². The fraction of sp³-hybridized carbons (Fsp3) is 0.286. The van der Waals surface area contributed by atoms with Crippen molar-refractivity contribution in [2.24, 2.45) is 0 Å². The van der Waals surface area contributed by atoms with Crippen LogP contribution in [-0.2, 0) is 6.42 Å². The molecule has 0 saturated heterocycles. The van der Waals surface area contributed by atoms with Crippen molar-refractivity contribution >= 4 is 5.91 Å². The number of aromatic nitrogens is 2. The van der Waals surface area contributed by atoms with Crippen molar-refractivity contribution in [3.05, 3.63) is 59.4 Å². The number of nitrogens with zero attached hydrogens (tertiary/aromatic N) is 3. The molecule has 0 aliphatic carbocycles. The molecule has 7 heteroatoms. The van der Waals surface area contributed by atoms with E-state index in [9.17, 15) is 4.79 Å². The summed E-state index contributed by atoms with van der Waals surface area (Å²) in [7, 11) is 4.83. The maximum absolute atomic E-state index is 12.7. The first kappa shape index (κ1) is 19.4. The van der Waals surface area contributed by atoms with E-state index in [2.05, 4.69) is 10.1 Å². The number of ether oxygens (including phenoxy) is 2. The van der Waals surface area contributed by atoms with Gasteiger partial charge in [0.15, 0.2) is 5.82 Å². The Hall–Kier alpha value is -3.35. The van der Waals surface area contributed by atoms with Crippen LogP contribution in [0.15, 0.2) is 47.0 Å². The summed E-state index contributed by atoms with van der Waals surface area (Å²) in [5, 5.41) is 4.01. The van der Waals surface area contributed by atoms with Gasteiger partial charge in [-0.3, -0.25) is 4.79 Å². The second kappa shape index (κ2) is 8.56. The monoisotopic (exact) mass is 381 g/mol. The van der Waals surface area contributed by atoms with Gasteiger partial charge >= 0.3 is 0 Å². The molecule has 1 amide bonds. The number of amides is 1. The smallest absolute Gasteiger partial charge is 0.257 e. The van der Waals surface area contributed by atoms with Crippen LogP contribution < -0.4 is 9.47 Å². The van der Waals surface area contributed by atoms with E-state index in [0.29, 0.717) is 41.7 Å². The highest BCUT2D eigenvalue weighted by atomic mass is 16.5. The Morgan fingerprint density at radius 3 is 2.32 bits per heavy atom. The summed E-state index contributed by atoms with van der Waals surface area (Å²) < 4.78 is 15.8. The van der Waals surface area contributed by atoms with Gasteiger partial charge in [0.2, 0.25) is 0 Å². The molecule has 2 aromatic carbocycles. The Morgan fingerprint density at radius 1 is 1.07 bits per heavy atom. The number of carbonyl (C=O) groups excluding carboxylic acids is 1. The molecule has 0 bridgehead atoms. The quantitative estimate of drug-likeness (QED) is 0.624. The van der Waals surface area contributed by atoms with Gasteiger partial charge in [0, 0.05) is 37.2 Å². The minimum Gasteiger partial charge on any atom is -0.497 e. The molecule has 0 fully saturated rings. The highest BCUT2D eigenvalue weighted by Gasteiger charge is 2.16. The molecule has 0 atom stereocenters. The number of hydrogen-bond acceptors (Lipinski definition) is 6. The van der Waals surface area contributed by atoms with Crippen molar-refractivity contribution in [1.29, 1.82) is 0 Å². The van der Waals surface area contributed by atoms with E-state index in [1.807, 2.05) is 31.2 Å². The van der Waals surface area contributed by atoms with Gasteiger partial charge < -0.3 is 18.9 Å². The fourth-order valence-electron chi connectivity index (χ4n) is 2.69. The minimum absolute atomic E-state index is 0.139. The summed E-state index contributed by atoms with van der Waals surface area (Å²) >= 11 is 0. The summed E-state index contributed by atoms with van der Waals surface area (Å²) in [5.41, 5.74) is 2.53. The van der Waals surface area contributed by atoms with Gasteiger partial charge in [-0.05, 0) is 31.2 Å². The molecule has 0 aliphatic heterocycles. The van der Waals surface area contributed by atoms with Crippen molar-refractivity contribution < 1.29 is 18.8 Å². The fourth-order valence-corrected chi connectivity index (χ4v) is 2.69. The number of rotatable bonds is 7. The van der Waals surface area contributed by atoms with Crippen LogP contribution in [0.5, 0.6) is 11.5 Å². The Morgan fingerprint density at radius 2 is 1.71 bits per heavy atom. The molecular formula is C21H23N3O4. The maximum atomic E-state index is 12.7. The van der Waals surface area contributed by atoms with Crippen LogP contribution in [0.4, 0.5) is 0 Å². The van der Waals surface area contributed by atoms with E-state index < -0.39 is 0 Å². The number of aryl methyl sites for hydroxylation is 1. The summed E-state index contributed by atoms with van der Waals surface area (Å²) in [6.45, 7) is 2.47. The molecule has 3 rings (SSSR count). The lowest BCUT2D eigenvalue weighted by Gasteiger charge is -2.17. The second-order valence-corrected chi connectivity index (χ2v) is 6.46. The van der Waals surface area contributed by atoms with Crippen LogP contribution >= 0.6 is 0 Å². The lowest BCUT2D eigenvalue weighted by Crippen LogP contribution is -2.29. The number of hydrogen-bond donors (Lipinski definition) is 0.